The topological polar surface area (TPSA) is 41.9 Å². The summed E-state index contributed by atoms with van der Waals surface area (Å²) in [5.41, 5.74) is 2.07. The number of hydrogen-bond donors (Lipinski definition) is 1. The van der Waals surface area contributed by atoms with Crippen molar-refractivity contribution in [1.82, 2.24) is 4.90 Å². The van der Waals surface area contributed by atoms with Crippen molar-refractivity contribution in [3.8, 4) is 5.75 Å². The highest BCUT2D eigenvalue weighted by Gasteiger charge is 2.23. The highest BCUT2D eigenvalue weighted by Crippen LogP contribution is 2.26. The van der Waals surface area contributed by atoms with Gasteiger partial charge in [-0.25, -0.2) is 0 Å². The predicted octanol–water partition coefficient (Wildman–Crippen LogP) is 2.75. The molecular weight excluding hydrogens is 266 g/mol. The monoisotopic (exact) mass is 293 g/mol. The van der Waals surface area contributed by atoms with Crippen LogP contribution in [0.25, 0.3) is 0 Å². The van der Waals surface area contributed by atoms with Gasteiger partial charge in [0.15, 0.2) is 0 Å². The van der Waals surface area contributed by atoms with E-state index in [4.69, 9.17) is 9.47 Å². The van der Waals surface area contributed by atoms with Crippen molar-refractivity contribution in [3.05, 3.63) is 29.3 Å². The maximum atomic E-state index is 9.78. The van der Waals surface area contributed by atoms with Crippen LogP contribution in [0.5, 0.6) is 5.75 Å². The molecule has 4 heteroatoms. The van der Waals surface area contributed by atoms with Crippen LogP contribution in [0.2, 0.25) is 0 Å². The standard InChI is InChI=1S/C17H27NO3/c1-5-20-17-7-6-15(14(4)19)8-16(17)11-18-9-12(2)21-13(3)10-18/h6-8,12-14,19H,5,9-11H2,1-4H3/t12-,13+,14?. The number of rotatable bonds is 5. The van der Waals surface area contributed by atoms with Crippen LogP contribution in [0.1, 0.15) is 44.9 Å². The van der Waals surface area contributed by atoms with Crippen LogP contribution in [0.4, 0.5) is 0 Å². The minimum absolute atomic E-state index is 0.254. The zero-order chi connectivity index (χ0) is 15.4. The summed E-state index contributed by atoms with van der Waals surface area (Å²) in [4.78, 5) is 2.39. The zero-order valence-electron chi connectivity index (χ0n) is 13.5. The minimum atomic E-state index is -0.457. The number of aliphatic hydroxyl groups excluding tert-OH is 1. The van der Waals surface area contributed by atoms with E-state index in [1.807, 2.05) is 19.1 Å². The molecule has 1 saturated heterocycles. The summed E-state index contributed by atoms with van der Waals surface area (Å²) < 4.78 is 11.5. The highest BCUT2D eigenvalue weighted by molar-refractivity contribution is 5.38. The van der Waals surface area contributed by atoms with Crippen LogP contribution in [-0.2, 0) is 11.3 Å². The fourth-order valence-corrected chi connectivity index (χ4v) is 2.93. The van der Waals surface area contributed by atoms with E-state index >= 15 is 0 Å². The van der Waals surface area contributed by atoms with Crippen LogP contribution in [0.15, 0.2) is 18.2 Å². The number of hydrogen-bond acceptors (Lipinski definition) is 4. The molecule has 0 aliphatic carbocycles. The van der Waals surface area contributed by atoms with Crippen LogP contribution < -0.4 is 4.74 Å². The molecule has 118 valence electrons. The summed E-state index contributed by atoms with van der Waals surface area (Å²) in [6, 6.07) is 5.96. The molecule has 0 saturated carbocycles. The Balaban J connectivity index is 2.17. The van der Waals surface area contributed by atoms with Crippen molar-refractivity contribution in [1.29, 1.82) is 0 Å². The van der Waals surface area contributed by atoms with Crippen LogP contribution in [-0.4, -0.2) is 41.9 Å². The van der Waals surface area contributed by atoms with Crippen molar-refractivity contribution < 1.29 is 14.6 Å². The van der Waals surface area contributed by atoms with E-state index in [2.05, 4.69) is 24.8 Å². The Morgan fingerprint density at radius 3 is 2.57 bits per heavy atom. The molecule has 0 amide bonds. The van der Waals surface area contributed by atoms with Crippen molar-refractivity contribution >= 4 is 0 Å². The summed E-state index contributed by atoms with van der Waals surface area (Å²) >= 11 is 0. The van der Waals surface area contributed by atoms with Crippen molar-refractivity contribution in [3.63, 3.8) is 0 Å². The molecule has 1 aromatic rings. The van der Waals surface area contributed by atoms with Gasteiger partial charge >= 0.3 is 0 Å². The van der Waals surface area contributed by atoms with Gasteiger partial charge in [-0.05, 0) is 45.4 Å². The molecule has 2 rings (SSSR count). The highest BCUT2D eigenvalue weighted by atomic mass is 16.5. The van der Waals surface area contributed by atoms with Crippen molar-refractivity contribution in [2.45, 2.75) is 52.6 Å². The van der Waals surface area contributed by atoms with Gasteiger partial charge in [0.1, 0.15) is 5.75 Å². The average Bonchev–Trinajstić information content (AvgIpc) is 2.39. The Bertz CT molecular complexity index is 451. The SMILES string of the molecule is CCOc1ccc(C(C)O)cc1CN1C[C@@H](C)O[C@@H](C)C1. The smallest absolute Gasteiger partial charge is 0.123 e. The van der Waals surface area contributed by atoms with Gasteiger partial charge in [0.05, 0.1) is 24.9 Å². The molecule has 1 aliphatic rings. The van der Waals surface area contributed by atoms with Gasteiger partial charge < -0.3 is 14.6 Å². The fourth-order valence-electron chi connectivity index (χ4n) is 2.93. The van der Waals surface area contributed by atoms with Crippen LogP contribution >= 0.6 is 0 Å². The Hall–Kier alpha value is -1.10. The first kappa shape index (κ1) is 16.3. The second-order valence-electron chi connectivity index (χ2n) is 5.93. The molecule has 21 heavy (non-hydrogen) atoms. The second kappa shape index (κ2) is 7.25. The maximum Gasteiger partial charge on any atom is 0.123 e. The molecule has 1 heterocycles. The minimum Gasteiger partial charge on any atom is -0.494 e. The molecular formula is C17H27NO3. The molecule has 0 spiro atoms. The third-order valence-electron chi connectivity index (χ3n) is 3.76. The summed E-state index contributed by atoms with van der Waals surface area (Å²) in [5.74, 6) is 0.911. The number of morpholine rings is 1. The lowest BCUT2D eigenvalue weighted by atomic mass is 10.0. The molecule has 1 aliphatic heterocycles. The molecule has 4 nitrogen and oxygen atoms in total. The number of nitrogens with zero attached hydrogens (tertiary/aromatic N) is 1. The second-order valence-corrected chi connectivity index (χ2v) is 5.93. The molecule has 1 aromatic carbocycles. The quantitative estimate of drug-likeness (QED) is 0.906. The first-order valence-electron chi connectivity index (χ1n) is 7.81. The molecule has 3 atom stereocenters. The van der Waals surface area contributed by atoms with Crippen molar-refractivity contribution in [2.75, 3.05) is 19.7 Å². The van der Waals surface area contributed by atoms with E-state index in [-0.39, 0.29) is 12.2 Å². The third-order valence-corrected chi connectivity index (χ3v) is 3.76. The summed E-state index contributed by atoms with van der Waals surface area (Å²) in [7, 11) is 0. The van der Waals surface area contributed by atoms with E-state index in [0.29, 0.717) is 6.61 Å². The first-order chi connectivity index (χ1) is 9.99. The van der Waals surface area contributed by atoms with E-state index in [9.17, 15) is 5.11 Å². The first-order valence-corrected chi connectivity index (χ1v) is 7.81. The zero-order valence-corrected chi connectivity index (χ0v) is 13.5. The average molecular weight is 293 g/mol. The summed E-state index contributed by atoms with van der Waals surface area (Å²) in [6.07, 6.45) is 0.0513. The number of aliphatic hydroxyl groups is 1. The number of ether oxygens (including phenoxy) is 2. The van der Waals surface area contributed by atoms with Gasteiger partial charge in [0.25, 0.3) is 0 Å². The van der Waals surface area contributed by atoms with E-state index < -0.39 is 6.10 Å². The third kappa shape index (κ3) is 4.43. The van der Waals surface area contributed by atoms with Crippen molar-refractivity contribution in [2.24, 2.45) is 0 Å². The normalized spacial score (nSPS) is 24.8. The molecule has 1 fully saturated rings. The molecule has 0 radical (unpaired) electrons. The van der Waals surface area contributed by atoms with Gasteiger partial charge in [0, 0.05) is 25.2 Å². The maximum absolute atomic E-state index is 9.78. The lowest BCUT2D eigenvalue weighted by Gasteiger charge is -2.35. The molecule has 1 unspecified atom stereocenters. The van der Waals surface area contributed by atoms with Gasteiger partial charge in [-0.1, -0.05) is 6.07 Å². The molecule has 1 N–H and O–H groups in total. The lowest BCUT2D eigenvalue weighted by molar-refractivity contribution is -0.0706. The largest absolute Gasteiger partial charge is 0.494 e. The van der Waals surface area contributed by atoms with E-state index in [0.717, 1.165) is 36.5 Å². The van der Waals surface area contributed by atoms with Gasteiger partial charge in [-0.15, -0.1) is 0 Å². The van der Waals surface area contributed by atoms with Crippen LogP contribution in [0, 0.1) is 0 Å². The Labute approximate surface area is 127 Å². The van der Waals surface area contributed by atoms with E-state index in [1.54, 1.807) is 6.92 Å². The fraction of sp³-hybridized carbons (Fsp3) is 0.647. The lowest BCUT2D eigenvalue weighted by Crippen LogP contribution is -2.44. The predicted molar refractivity (Wildman–Crippen MR) is 83.5 cm³/mol. The Morgan fingerprint density at radius 2 is 2.00 bits per heavy atom. The van der Waals surface area contributed by atoms with Gasteiger partial charge in [-0.3, -0.25) is 4.90 Å². The Morgan fingerprint density at radius 1 is 1.33 bits per heavy atom. The van der Waals surface area contributed by atoms with Gasteiger partial charge in [-0.2, -0.15) is 0 Å². The summed E-state index contributed by atoms with van der Waals surface area (Å²) in [5, 5.41) is 9.78. The van der Waals surface area contributed by atoms with Gasteiger partial charge in [0.2, 0.25) is 0 Å². The van der Waals surface area contributed by atoms with Crippen LogP contribution in [0.3, 0.4) is 0 Å². The number of benzene rings is 1. The Kier molecular flexibility index (Phi) is 5.62. The summed E-state index contributed by atoms with van der Waals surface area (Å²) in [6.45, 7) is 11.3. The molecule has 0 aromatic heterocycles. The van der Waals surface area contributed by atoms with E-state index in [1.165, 1.54) is 0 Å². The molecule has 0 bridgehead atoms.